The van der Waals surface area contributed by atoms with E-state index in [1.807, 2.05) is 42.5 Å². The van der Waals surface area contributed by atoms with Gasteiger partial charge in [0.1, 0.15) is 6.61 Å². The Hall–Kier alpha value is -2.53. The van der Waals surface area contributed by atoms with Crippen LogP contribution in [0.25, 0.3) is 11.1 Å². The molecule has 0 radical (unpaired) electrons. The number of ether oxygens (including phenoxy) is 1. The van der Waals surface area contributed by atoms with Gasteiger partial charge in [-0.1, -0.05) is 42.5 Å². The molecule has 2 aromatic carbocycles. The zero-order chi connectivity index (χ0) is 17.2. The highest BCUT2D eigenvalue weighted by Crippen LogP contribution is 2.19. The molecule has 2 N–H and O–H groups in total. The monoisotopic (exact) mass is 346 g/mol. The minimum atomic E-state index is -0.544. The van der Waals surface area contributed by atoms with Gasteiger partial charge in [0.15, 0.2) is 0 Å². The zero-order valence-electron chi connectivity index (χ0n) is 13.1. The van der Waals surface area contributed by atoms with Gasteiger partial charge in [0.05, 0.1) is 5.88 Å². The van der Waals surface area contributed by atoms with Crippen LogP contribution in [-0.2, 0) is 4.74 Å². The van der Waals surface area contributed by atoms with E-state index in [-0.39, 0.29) is 24.9 Å². The Morgan fingerprint density at radius 3 is 2.17 bits per heavy atom. The molecule has 5 nitrogen and oxygen atoms in total. The van der Waals surface area contributed by atoms with E-state index in [0.717, 1.165) is 11.1 Å². The van der Waals surface area contributed by atoms with E-state index in [2.05, 4.69) is 10.6 Å². The van der Waals surface area contributed by atoms with Crippen LogP contribution in [0.1, 0.15) is 10.4 Å². The number of carbonyl (C=O) groups is 2. The SMILES string of the molecule is O=C(NCCNC(=O)c1ccc(-c2ccccc2)cc1)OCCCl. The average molecular weight is 347 g/mol. The molecule has 0 aliphatic rings. The highest BCUT2D eigenvalue weighted by molar-refractivity contribution is 6.18. The molecule has 2 aromatic rings. The van der Waals surface area contributed by atoms with Gasteiger partial charge in [0.25, 0.3) is 5.91 Å². The number of carbonyl (C=O) groups excluding carboxylic acids is 2. The van der Waals surface area contributed by atoms with Crippen LogP contribution in [0.15, 0.2) is 54.6 Å². The topological polar surface area (TPSA) is 67.4 Å². The van der Waals surface area contributed by atoms with Gasteiger partial charge < -0.3 is 15.4 Å². The van der Waals surface area contributed by atoms with E-state index in [9.17, 15) is 9.59 Å². The zero-order valence-corrected chi connectivity index (χ0v) is 13.9. The lowest BCUT2D eigenvalue weighted by Crippen LogP contribution is -2.35. The van der Waals surface area contributed by atoms with Gasteiger partial charge in [-0.15, -0.1) is 11.6 Å². The molecule has 0 fully saturated rings. The summed E-state index contributed by atoms with van der Waals surface area (Å²) in [5, 5.41) is 5.25. The van der Waals surface area contributed by atoms with Gasteiger partial charge in [0.2, 0.25) is 0 Å². The van der Waals surface area contributed by atoms with E-state index < -0.39 is 6.09 Å². The molecule has 6 heteroatoms. The first-order valence-electron chi connectivity index (χ1n) is 7.61. The molecule has 24 heavy (non-hydrogen) atoms. The first-order chi connectivity index (χ1) is 11.7. The lowest BCUT2D eigenvalue weighted by molar-refractivity contribution is 0.0952. The summed E-state index contributed by atoms with van der Waals surface area (Å²) in [6.45, 7) is 0.762. The Balaban J connectivity index is 1.78. The van der Waals surface area contributed by atoms with Crippen LogP contribution in [0.2, 0.25) is 0 Å². The van der Waals surface area contributed by atoms with Gasteiger partial charge in [-0.3, -0.25) is 4.79 Å². The maximum absolute atomic E-state index is 12.0. The third kappa shape index (κ3) is 5.59. The van der Waals surface area contributed by atoms with Crippen LogP contribution >= 0.6 is 11.6 Å². The van der Waals surface area contributed by atoms with E-state index in [1.165, 1.54) is 0 Å². The molecule has 0 saturated heterocycles. The van der Waals surface area contributed by atoms with Crippen LogP contribution in [0, 0.1) is 0 Å². The summed E-state index contributed by atoms with van der Waals surface area (Å²) >= 11 is 5.40. The number of benzene rings is 2. The molecule has 2 rings (SSSR count). The van der Waals surface area contributed by atoms with Crippen LogP contribution in [0.4, 0.5) is 4.79 Å². The number of nitrogens with one attached hydrogen (secondary N) is 2. The molecular weight excluding hydrogens is 328 g/mol. The Labute approximate surface area is 146 Å². The maximum Gasteiger partial charge on any atom is 0.407 e. The van der Waals surface area contributed by atoms with Crippen molar-refractivity contribution in [1.29, 1.82) is 0 Å². The molecule has 0 aromatic heterocycles. The van der Waals surface area contributed by atoms with Crippen molar-refractivity contribution in [1.82, 2.24) is 10.6 Å². The summed E-state index contributed by atoms with van der Waals surface area (Å²) < 4.78 is 4.74. The molecule has 0 aliphatic carbocycles. The van der Waals surface area contributed by atoms with Crippen molar-refractivity contribution in [2.45, 2.75) is 0 Å². The minimum Gasteiger partial charge on any atom is -0.448 e. The van der Waals surface area contributed by atoms with Crippen LogP contribution in [-0.4, -0.2) is 37.6 Å². The van der Waals surface area contributed by atoms with Gasteiger partial charge >= 0.3 is 6.09 Å². The van der Waals surface area contributed by atoms with Crippen LogP contribution in [0.3, 0.4) is 0 Å². The first-order valence-corrected chi connectivity index (χ1v) is 8.14. The first kappa shape index (κ1) is 17.8. The van der Waals surface area contributed by atoms with E-state index in [4.69, 9.17) is 16.3 Å². The van der Waals surface area contributed by atoms with E-state index >= 15 is 0 Å². The summed E-state index contributed by atoms with van der Waals surface area (Å²) in [6.07, 6.45) is -0.544. The smallest absolute Gasteiger partial charge is 0.407 e. The molecule has 0 bridgehead atoms. The highest BCUT2D eigenvalue weighted by atomic mass is 35.5. The van der Waals surface area contributed by atoms with Crippen molar-refractivity contribution >= 4 is 23.6 Å². The van der Waals surface area contributed by atoms with Crippen LogP contribution in [0.5, 0.6) is 0 Å². The predicted octanol–water partition coefficient (Wildman–Crippen LogP) is 3.05. The fraction of sp³-hybridized carbons (Fsp3) is 0.222. The van der Waals surface area contributed by atoms with Gasteiger partial charge in [-0.2, -0.15) is 0 Å². The summed E-state index contributed by atoms with van der Waals surface area (Å²) in [6, 6.07) is 17.3. The molecular formula is C18H19ClN2O3. The number of rotatable bonds is 7. The third-order valence-electron chi connectivity index (χ3n) is 3.24. The van der Waals surface area contributed by atoms with Gasteiger partial charge in [-0.25, -0.2) is 4.79 Å². The Morgan fingerprint density at radius 1 is 0.875 bits per heavy atom. The largest absolute Gasteiger partial charge is 0.448 e. The van der Waals surface area contributed by atoms with E-state index in [1.54, 1.807) is 12.1 Å². The molecule has 0 heterocycles. The second-order valence-electron chi connectivity index (χ2n) is 4.95. The normalized spacial score (nSPS) is 10.0. The minimum absolute atomic E-state index is 0.160. The fourth-order valence-electron chi connectivity index (χ4n) is 2.07. The number of halogens is 1. The Morgan fingerprint density at radius 2 is 1.50 bits per heavy atom. The average Bonchev–Trinajstić information content (AvgIpc) is 2.64. The third-order valence-corrected chi connectivity index (χ3v) is 3.40. The number of hydrogen-bond acceptors (Lipinski definition) is 3. The lowest BCUT2D eigenvalue weighted by Gasteiger charge is -2.08. The van der Waals surface area contributed by atoms with E-state index in [0.29, 0.717) is 12.1 Å². The number of hydrogen-bond donors (Lipinski definition) is 2. The van der Waals surface area contributed by atoms with Crippen molar-refractivity contribution in [3.8, 4) is 11.1 Å². The number of alkyl halides is 1. The molecule has 0 unspecified atom stereocenters. The molecule has 126 valence electrons. The maximum atomic E-state index is 12.0. The van der Waals surface area contributed by atoms with Gasteiger partial charge in [0, 0.05) is 18.7 Å². The Kier molecular flexibility index (Phi) is 7.11. The van der Waals surface area contributed by atoms with Crippen molar-refractivity contribution < 1.29 is 14.3 Å². The second kappa shape index (κ2) is 9.57. The van der Waals surface area contributed by atoms with Crippen molar-refractivity contribution in [3.63, 3.8) is 0 Å². The Bertz CT molecular complexity index is 660. The standard InChI is InChI=1S/C18H19ClN2O3/c19-10-13-24-18(23)21-12-11-20-17(22)16-8-6-15(7-9-16)14-4-2-1-3-5-14/h1-9H,10-13H2,(H,20,22)(H,21,23). The molecule has 0 atom stereocenters. The van der Waals surface area contributed by atoms with Crippen molar-refractivity contribution in [3.05, 3.63) is 60.2 Å². The number of alkyl carbamates (subject to hydrolysis) is 1. The highest BCUT2D eigenvalue weighted by Gasteiger charge is 2.06. The quantitative estimate of drug-likeness (QED) is 0.598. The summed E-state index contributed by atoms with van der Waals surface area (Å²) in [5.41, 5.74) is 2.72. The van der Waals surface area contributed by atoms with Crippen molar-refractivity contribution in [2.24, 2.45) is 0 Å². The van der Waals surface area contributed by atoms with Crippen LogP contribution < -0.4 is 10.6 Å². The fourth-order valence-corrected chi connectivity index (χ4v) is 2.15. The molecule has 0 spiro atoms. The summed E-state index contributed by atoms with van der Waals surface area (Å²) in [5.74, 6) is 0.0638. The van der Waals surface area contributed by atoms with Crippen molar-refractivity contribution in [2.75, 3.05) is 25.6 Å². The molecule has 0 saturated carbocycles. The number of amides is 2. The molecule has 2 amide bonds. The lowest BCUT2D eigenvalue weighted by atomic mass is 10.0. The summed E-state index contributed by atoms with van der Waals surface area (Å²) in [7, 11) is 0. The predicted molar refractivity (Wildman–Crippen MR) is 94.3 cm³/mol. The molecule has 0 aliphatic heterocycles. The van der Waals surface area contributed by atoms with Gasteiger partial charge in [-0.05, 0) is 23.3 Å². The second-order valence-corrected chi connectivity index (χ2v) is 5.33. The summed E-state index contributed by atoms with van der Waals surface area (Å²) in [4.78, 5) is 23.2.